The molecule has 0 bridgehead atoms. The summed E-state index contributed by atoms with van der Waals surface area (Å²) in [4.78, 5) is 0. The normalized spacial score (nSPS) is 37.8. The maximum Gasteiger partial charge on any atom is 0.187 e. The van der Waals surface area contributed by atoms with Gasteiger partial charge < -0.3 is 39.7 Å². The fourth-order valence-electron chi connectivity index (χ4n) is 1.68. The summed E-state index contributed by atoms with van der Waals surface area (Å²) in [5.74, 6) is -2.06. The molecule has 0 aliphatic carbocycles. The fraction of sp³-hybridized carbons (Fsp3) is 1.00. The van der Waals surface area contributed by atoms with E-state index in [2.05, 4.69) is 0 Å². The Bertz CT molecular complexity index is 253. The molecular weight excluding hydrogens is 248 g/mol. The van der Waals surface area contributed by atoms with Gasteiger partial charge in [0.15, 0.2) is 12.1 Å². The standard InChI is InChI=1S/C10H20O8/c1-10(14,15)4-17-9-8(16-2)7(13)6(12)5(3-11)18-9/h5-9,11-15H,3-4H2,1-2H3. The quantitative estimate of drug-likeness (QED) is 0.337. The molecule has 5 atom stereocenters. The number of hydrogen-bond donors (Lipinski definition) is 5. The fourth-order valence-corrected chi connectivity index (χ4v) is 1.68. The van der Waals surface area contributed by atoms with E-state index in [1.807, 2.05) is 0 Å². The number of rotatable bonds is 5. The summed E-state index contributed by atoms with van der Waals surface area (Å²) in [5.41, 5.74) is 0. The zero-order valence-electron chi connectivity index (χ0n) is 10.3. The highest BCUT2D eigenvalue weighted by atomic mass is 16.7. The first kappa shape index (κ1) is 15.7. The van der Waals surface area contributed by atoms with E-state index in [4.69, 9.17) is 29.5 Å². The van der Waals surface area contributed by atoms with Crippen molar-refractivity contribution in [3.05, 3.63) is 0 Å². The van der Waals surface area contributed by atoms with Gasteiger partial charge in [0.1, 0.15) is 31.0 Å². The second kappa shape index (κ2) is 6.22. The van der Waals surface area contributed by atoms with Crippen LogP contribution in [-0.4, -0.2) is 82.3 Å². The lowest BCUT2D eigenvalue weighted by atomic mass is 9.99. The van der Waals surface area contributed by atoms with Gasteiger partial charge in [-0.1, -0.05) is 0 Å². The monoisotopic (exact) mass is 268 g/mol. The topological polar surface area (TPSA) is 129 Å². The summed E-state index contributed by atoms with van der Waals surface area (Å²) in [6.07, 6.45) is -5.77. The first-order valence-corrected chi connectivity index (χ1v) is 5.51. The Morgan fingerprint density at radius 2 is 1.83 bits per heavy atom. The Morgan fingerprint density at radius 3 is 2.28 bits per heavy atom. The summed E-state index contributed by atoms with van der Waals surface area (Å²) in [7, 11) is 1.29. The van der Waals surface area contributed by atoms with Crippen LogP contribution in [0.15, 0.2) is 0 Å². The second-order valence-corrected chi connectivity index (χ2v) is 4.44. The van der Waals surface area contributed by atoms with Crippen molar-refractivity contribution >= 4 is 0 Å². The lowest BCUT2D eigenvalue weighted by molar-refractivity contribution is -0.323. The van der Waals surface area contributed by atoms with E-state index in [0.29, 0.717) is 0 Å². The Morgan fingerprint density at radius 1 is 1.22 bits per heavy atom. The molecule has 1 aliphatic rings. The third kappa shape index (κ3) is 3.84. The number of ether oxygens (including phenoxy) is 3. The van der Waals surface area contributed by atoms with Gasteiger partial charge in [0.25, 0.3) is 0 Å². The van der Waals surface area contributed by atoms with E-state index in [0.717, 1.165) is 6.92 Å². The molecule has 1 rings (SSSR count). The molecule has 0 aromatic carbocycles. The van der Waals surface area contributed by atoms with Gasteiger partial charge in [-0.25, -0.2) is 0 Å². The van der Waals surface area contributed by atoms with Gasteiger partial charge in [0, 0.05) is 7.11 Å². The third-order valence-electron chi connectivity index (χ3n) is 2.62. The molecule has 0 spiro atoms. The van der Waals surface area contributed by atoms with Gasteiger partial charge in [0.2, 0.25) is 0 Å². The molecule has 8 nitrogen and oxygen atoms in total. The van der Waals surface area contributed by atoms with E-state index < -0.39 is 49.7 Å². The zero-order chi connectivity index (χ0) is 13.9. The van der Waals surface area contributed by atoms with Crippen LogP contribution in [0, 0.1) is 0 Å². The molecule has 0 aromatic heterocycles. The van der Waals surface area contributed by atoms with Crippen LogP contribution in [0.4, 0.5) is 0 Å². The molecule has 108 valence electrons. The third-order valence-corrected chi connectivity index (χ3v) is 2.62. The number of hydrogen-bond acceptors (Lipinski definition) is 8. The summed E-state index contributed by atoms with van der Waals surface area (Å²) >= 11 is 0. The number of methoxy groups -OCH3 is 1. The Labute approximate surface area is 104 Å². The van der Waals surface area contributed by atoms with Gasteiger partial charge in [-0.05, 0) is 6.92 Å². The van der Waals surface area contributed by atoms with Crippen LogP contribution < -0.4 is 0 Å². The largest absolute Gasteiger partial charge is 0.394 e. The highest BCUT2D eigenvalue weighted by Crippen LogP contribution is 2.24. The minimum absolute atomic E-state index is 0.474. The molecule has 1 aliphatic heterocycles. The zero-order valence-corrected chi connectivity index (χ0v) is 10.3. The van der Waals surface area contributed by atoms with Crippen LogP contribution in [-0.2, 0) is 14.2 Å². The predicted molar refractivity (Wildman–Crippen MR) is 57.4 cm³/mol. The lowest BCUT2D eigenvalue weighted by Crippen LogP contribution is -2.60. The van der Waals surface area contributed by atoms with Crippen molar-refractivity contribution in [2.45, 2.75) is 43.4 Å². The highest BCUT2D eigenvalue weighted by Gasteiger charge is 2.45. The molecule has 0 amide bonds. The van der Waals surface area contributed by atoms with Crippen LogP contribution in [0.25, 0.3) is 0 Å². The van der Waals surface area contributed by atoms with E-state index in [1.165, 1.54) is 7.11 Å². The van der Waals surface area contributed by atoms with Crippen molar-refractivity contribution < 1.29 is 39.7 Å². The molecule has 1 saturated heterocycles. The van der Waals surface area contributed by atoms with Crippen molar-refractivity contribution in [3.63, 3.8) is 0 Å². The van der Waals surface area contributed by atoms with Crippen molar-refractivity contribution in [2.75, 3.05) is 20.3 Å². The van der Waals surface area contributed by atoms with Gasteiger partial charge in [0.05, 0.1) is 6.61 Å². The lowest BCUT2D eigenvalue weighted by Gasteiger charge is -2.41. The molecule has 18 heavy (non-hydrogen) atoms. The second-order valence-electron chi connectivity index (χ2n) is 4.44. The molecule has 1 fully saturated rings. The molecule has 1 heterocycles. The maximum absolute atomic E-state index is 9.77. The van der Waals surface area contributed by atoms with Crippen molar-refractivity contribution in [1.29, 1.82) is 0 Å². The van der Waals surface area contributed by atoms with E-state index in [9.17, 15) is 10.2 Å². The molecule has 5 unspecified atom stereocenters. The average molecular weight is 268 g/mol. The van der Waals surface area contributed by atoms with E-state index in [1.54, 1.807) is 0 Å². The Kier molecular flexibility index (Phi) is 5.44. The summed E-state index contributed by atoms with van der Waals surface area (Å²) in [6.45, 7) is 0.134. The summed E-state index contributed by atoms with van der Waals surface area (Å²) in [6, 6.07) is 0. The molecule has 8 heteroatoms. The van der Waals surface area contributed by atoms with Gasteiger partial charge in [-0.2, -0.15) is 0 Å². The van der Waals surface area contributed by atoms with Crippen molar-refractivity contribution in [3.8, 4) is 0 Å². The predicted octanol–water partition coefficient (Wildman–Crippen LogP) is -2.84. The van der Waals surface area contributed by atoms with Crippen LogP contribution >= 0.6 is 0 Å². The maximum atomic E-state index is 9.77. The first-order chi connectivity index (χ1) is 8.30. The number of aliphatic hydroxyl groups excluding tert-OH is 3. The number of aliphatic hydroxyl groups is 5. The van der Waals surface area contributed by atoms with Crippen molar-refractivity contribution in [1.82, 2.24) is 0 Å². The van der Waals surface area contributed by atoms with Gasteiger partial charge >= 0.3 is 0 Å². The molecular formula is C10H20O8. The van der Waals surface area contributed by atoms with Gasteiger partial charge in [-0.15, -0.1) is 0 Å². The van der Waals surface area contributed by atoms with Crippen LogP contribution in [0.5, 0.6) is 0 Å². The molecule has 0 radical (unpaired) electrons. The smallest absolute Gasteiger partial charge is 0.187 e. The van der Waals surface area contributed by atoms with Crippen LogP contribution in [0.1, 0.15) is 6.92 Å². The first-order valence-electron chi connectivity index (χ1n) is 5.51. The Balaban J connectivity index is 2.68. The van der Waals surface area contributed by atoms with E-state index >= 15 is 0 Å². The molecule has 0 saturated carbocycles. The van der Waals surface area contributed by atoms with E-state index in [-0.39, 0.29) is 0 Å². The Hall–Kier alpha value is -0.320. The highest BCUT2D eigenvalue weighted by molar-refractivity contribution is 4.89. The minimum atomic E-state index is -2.06. The van der Waals surface area contributed by atoms with Crippen LogP contribution in [0.3, 0.4) is 0 Å². The summed E-state index contributed by atoms with van der Waals surface area (Å²) < 4.78 is 15.2. The SMILES string of the molecule is COC1C(OCC(C)(O)O)OC(CO)C(O)C1O. The van der Waals surface area contributed by atoms with Crippen LogP contribution in [0.2, 0.25) is 0 Å². The average Bonchev–Trinajstić information content (AvgIpc) is 2.29. The molecule has 0 aromatic rings. The molecule has 5 N–H and O–H groups in total. The van der Waals surface area contributed by atoms with Crippen molar-refractivity contribution in [2.24, 2.45) is 0 Å². The van der Waals surface area contributed by atoms with Gasteiger partial charge in [-0.3, -0.25) is 0 Å². The summed E-state index contributed by atoms with van der Waals surface area (Å²) in [5, 5.41) is 46.6. The minimum Gasteiger partial charge on any atom is -0.394 e.